The van der Waals surface area contributed by atoms with Gasteiger partial charge in [0.2, 0.25) is 0 Å². The van der Waals surface area contributed by atoms with Crippen molar-refractivity contribution in [2.24, 2.45) is 0 Å². The number of piperazine rings is 1. The molecule has 1 aromatic heterocycles. The molecule has 2 atom stereocenters. The minimum Gasteiger partial charge on any atom is -0.444 e. The number of carbonyl (C=O) groups excluding carboxylic acids is 1. The second-order valence-corrected chi connectivity index (χ2v) is 15.0. The molecule has 2 aliphatic rings. The first kappa shape index (κ1) is 31.8. The number of aryl methyl sites for hydroxylation is 1. The number of fused-ring (bicyclic) bond motifs is 4. The molecule has 0 radical (unpaired) electrons. The van der Waals surface area contributed by atoms with E-state index in [-0.39, 0.29) is 23.7 Å². The smallest absolute Gasteiger partial charge is 0.410 e. The van der Waals surface area contributed by atoms with Crippen molar-refractivity contribution in [2.75, 3.05) is 44.4 Å². The molecule has 2 unspecified atom stereocenters. The van der Waals surface area contributed by atoms with Crippen LogP contribution in [0.1, 0.15) is 45.6 Å². The van der Waals surface area contributed by atoms with Gasteiger partial charge in [0.25, 0.3) is 0 Å². The predicted octanol–water partition coefficient (Wildman–Crippen LogP) is 8.18. The van der Waals surface area contributed by atoms with Crippen molar-refractivity contribution in [2.45, 2.75) is 69.8 Å². The maximum absolute atomic E-state index is 16.9. The standard InChI is InChI=1S/C35H41ClFN5O2S/c1-21-16-22-10-7-8-11-25(22)26(17-21)29-28(36)18-27-31(30(29)37)38-33(45-15-9-14-40(5)6)39-32(27)41-19-23-12-13-24(20-41)42(23)34(43)44-35(2,3)4/h7-8,10-11,16-18,23-24H,9,12-15,19-20H2,1-6H3. The van der Waals surface area contributed by atoms with Gasteiger partial charge in [-0.05, 0) is 95.6 Å². The molecule has 45 heavy (non-hydrogen) atoms. The van der Waals surface area contributed by atoms with Crippen LogP contribution in [0.15, 0.2) is 47.6 Å². The second kappa shape index (κ2) is 12.6. The molecule has 6 rings (SSSR count). The van der Waals surface area contributed by atoms with Crippen molar-refractivity contribution in [3.05, 3.63) is 58.9 Å². The predicted molar refractivity (Wildman–Crippen MR) is 183 cm³/mol. The normalized spacial score (nSPS) is 18.4. The molecule has 2 saturated heterocycles. The molecule has 0 aliphatic carbocycles. The summed E-state index contributed by atoms with van der Waals surface area (Å²) in [6.45, 7) is 9.78. The fourth-order valence-electron chi connectivity index (χ4n) is 6.61. The number of amides is 1. The Balaban J connectivity index is 1.44. The highest BCUT2D eigenvalue weighted by Crippen LogP contribution is 2.43. The van der Waals surface area contributed by atoms with Crippen LogP contribution >= 0.6 is 23.4 Å². The molecular formula is C35H41ClFN5O2S. The summed E-state index contributed by atoms with van der Waals surface area (Å²) in [5, 5.41) is 3.41. The SMILES string of the molecule is Cc1cc(-c2c(Cl)cc3c(N4CC5CCC(C4)N5C(=O)OC(C)(C)C)nc(SCCCN(C)C)nc3c2F)c2ccccc2c1. The van der Waals surface area contributed by atoms with Gasteiger partial charge in [-0.2, -0.15) is 0 Å². The van der Waals surface area contributed by atoms with Gasteiger partial charge >= 0.3 is 6.09 Å². The third-order valence-electron chi connectivity index (χ3n) is 8.48. The number of nitrogens with zero attached hydrogens (tertiary/aromatic N) is 5. The number of ether oxygens (including phenoxy) is 1. The molecule has 7 nitrogen and oxygen atoms in total. The van der Waals surface area contributed by atoms with Crippen LogP contribution < -0.4 is 4.90 Å². The first-order valence-corrected chi connectivity index (χ1v) is 17.0. The van der Waals surface area contributed by atoms with Crippen molar-refractivity contribution >= 4 is 56.9 Å². The van der Waals surface area contributed by atoms with E-state index in [1.165, 1.54) is 0 Å². The molecule has 0 spiro atoms. The number of rotatable bonds is 7. The van der Waals surface area contributed by atoms with Crippen LogP contribution in [-0.2, 0) is 4.74 Å². The fourth-order valence-corrected chi connectivity index (χ4v) is 7.67. The van der Waals surface area contributed by atoms with E-state index in [0.29, 0.717) is 40.0 Å². The average molecular weight is 650 g/mol. The molecule has 3 aromatic carbocycles. The van der Waals surface area contributed by atoms with Gasteiger partial charge in [-0.25, -0.2) is 19.2 Å². The lowest BCUT2D eigenvalue weighted by molar-refractivity contribution is 0.0123. The summed E-state index contributed by atoms with van der Waals surface area (Å²) in [4.78, 5) is 29.2. The molecular weight excluding hydrogens is 609 g/mol. The second-order valence-electron chi connectivity index (χ2n) is 13.5. The molecule has 2 fully saturated rings. The van der Waals surface area contributed by atoms with Crippen LogP contribution in [0.2, 0.25) is 5.02 Å². The van der Waals surface area contributed by atoms with Gasteiger partial charge in [-0.15, -0.1) is 0 Å². The Morgan fingerprint density at radius 3 is 2.49 bits per heavy atom. The molecule has 4 aromatic rings. The van der Waals surface area contributed by atoms with Crippen LogP contribution in [0, 0.1) is 12.7 Å². The summed E-state index contributed by atoms with van der Waals surface area (Å²) in [5.41, 5.74) is 1.83. The zero-order chi connectivity index (χ0) is 32.0. The number of halogens is 2. The molecule has 1 amide bonds. The van der Waals surface area contributed by atoms with Crippen molar-refractivity contribution < 1.29 is 13.9 Å². The molecule has 0 N–H and O–H groups in total. The first-order chi connectivity index (χ1) is 21.4. The lowest BCUT2D eigenvalue weighted by Gasteiger charge is -2.42. The Morgan fingerprint density at radius 1 is 1.09 bits per heavy atom. The number of aromatic nitrogens is 2. The third kappa shape index (κ3) is 6.58. The Morgan fingerprint density at radius 2 is 1.80 bits per heavy atom. The van der Waals surface area contributed by atoms with E-state index in [4.69, 9.17) is 26.3 Å². The number of carbonyl (C=O) groups is 1. The maximum Gasteiger partial charge on any atom is 0.410 e. The summed E-state index contributed by atoms with van der Waals surface area (Å²) in [6, 6.07) is 13.9. The number of benzene rings is 3. The number of anilines is 1. The first-order valence-electron chi connectivity index (χ1n) is 15.6. The van der Waals surface area contributed by atoms with Gasteiger partial charge in [-0.3, -0.25) is 4.90 Å². The molecule has 238 valence electrons. The Hall–Kier alpha value is -3.14. The van der Waals surface area contributed by atoms with Crippen LogP contribution in [0.4, 0.5) is 15.0 Å². The van der Waals surface area contributed by atoms with Gasteiger partial charge in [0.15, 0.2) is 11.0 Å². The van der Waals surface area contributed by atoms with Crippen LogP contribution in [-0.4, -0.2) is 83.0 Å². The van der Waals surface area contributed by atoms with Gasteiger partial charge in [0.05, 0.1) is 17.1 Å². The Labute approximate surface area is 274 Å². The fraction of sp³-hybridized carbons (Fsp3) is 0.457. The minimum absolute atomic E-state index is 0.0157. The molecule has 0 saturated carbocycles. The average Bonchev–Trinajstić information content (AvgIpc) is 3.23. The highest BCUT2D eigenvalue weighted by atomic mass is 35.5. The van der Waals surface area contributed by atoms with E-state index in [9.17, 15) is 4.79 Å². The molecule has 10 heteroatoms. The van der Waals surface area contributed by atoms with Crippen molar-refractivity contribution in [3.63, 3.8) is 0 Å². The lowest BCUT2D eigenvalue weighted by atomic mass is 9.94. The number of hydrogen-bond donors (Lipinski definition) is 0. The number of hydrogen-bond acceptors (Lipinski definition) is 7. The topological polar surface area (TPSA) is 61.8 Å². The zero-order valence-electron chi connectivity index (χ0n) is 26.9. The summed E-state index contributed by atoms with van der Waals surface area (Å²) < 4.78 is 22.7. The van der Waals surface area contributed by atoms with Crippen LogP contribution in [0.5, 0.6) is 0 Å². The van der Waals surface area contributed by atoms with Gasteiger partial charge in [0.1, 0.15) is 16.9 Å². The highest BCUT2D eigenvalue weighted by molar-refractivity contribution is 7.99. The van der Waals surface area contributed by atoms with E-state index < -0.39 is 11.4 Å². The maximum atomic E-state index is 16.9. The molecule has 2 bridgehead atoms. The van der Waals surface area contributed by atoms with E-state index in [1.807, 2.05) is 69.0 Å². The minimum atomic E-state index is -0.566. The van der Waals surface area contributed by atoms with E-state index in [0.717, 1.165) is 53.5 Å². The van der Waals surface area contributed by atoms with Gasteiger partial charge in [-0.1, -0.05) is 59.8 Å². The summed E-state index contributed by atoms with van der Waals surface area (Å²) >= 11 is 8.53. The van der Waals surface area contributed by atoms with E-state index >= 15 is 4.39 Å². The largest absolute Gasteiger partial charge is 0.444 e. The van der Waals surface area contributed by atoms with Crippen LogP contribution in [0.3, 0.4) is 0 Å². The Bertz CT molecular complexity index is 1750. The van der Waals surface area contributed by atoms with Gasteiger partial charge < -0.3 is 14.5 Å². The van der Waals surface area contributed by atoms with E-state index in [1.54, 1.807) is 11.8 Å². The summed E-state index contributed by atoms with van der Waals surface area (Å²) in [5.74, 6) is 1.03. The van der Waals surface area contributed by atoms with E-state index in [2.05, 4.69) is 30.0 Å². The highest BCUT2D eigenvalue weighted by Gasteiger charge is 2.45. The molecule has 2 aliphatic heterocycles. The third-order valence-corrected chi connectivity index (χ3v) is 9.72. The molecule has 3 heterocycles. The van der Waals surface area contributed by atoms with Gasteiger partial charge in [0, 0.05) is 29.8 Å². The van der Waals surface area contributed by atoms with Crippen molar-refractivity contribution in [3.8, 4) is 11.1 Å². The van der Waals surface area contributed by atoms with Crippen molar-refractivity contribution in [1.29, 1.82) is 0 Å². The number of thioether (sulfide) groups is 1. The van der Waals surface area contributed by atoms with Crippen LogP contribution in [0.25, 0.3) is 32.8 Å². The zero-order valence-corrected chi connectivity index (χ0v) is 28.4. The lowest BCUT2D eigenvalue weighted by Crippen LogP contribution is -2.57. The van der Waals surface area contributed by atoms with Crippen molar-refractivity contribution in [1.82, 2.24) is 19.8 Å². The summed E-state index contributed by atoms with van der Waals surface area (Å²) in [7, 11) is 4.10. The quantitative estimate of drug-likeness (QED) is 0.114. The monoisotopic (exact) mass is 649 g/mol. The Kier molecular flexibility index (Phi) is 8.89. The summed E-state index contributed by atoms with van der Waals surface area (Å²) in [6.07, 6.45) is 2.45.